The van der Waals surface area contributed by atoms with Gasteiger partial charge >= 0.3 is 0 Å². The quantitative estimate of drug-likeness (QED) is 0.653. The molecule has 6 nitrogen and oxygen atoms in total. The Morgan fingerprint density at radius 1 is 1.12 bits per heavy atom. The predicted molar refractivity (Wildman–Crippen MR) is 109 cm³/mol. The first-order chi connectivity index (χ1) is 12.5. The van der Waals surface area contributed by atoms with Gasteiger partial charge in [0.2, 0.25) is 0 Å². The molecule has 1 aliphatic rings. The number of nitrogens with zero attached hydrogens (tertiary/aromatic N) is 4. The molecule has 0 saturated carbocycles. The summed E-state index contributed by atoms with van der Waals surface area (Å²) in [6.07, 6.45) is 1.89. The maximum Gasteiger partial charge on any atom is 0.193 e. The highest BCUT2D eigenvalue weighted by molar-refractivity contribution is 5.92. The zero-order valence-electron chi connectivity index (χ0n) is 15.9. The molecule has 0 spiro atoms. The molecule has 3 N–H and O–H groups in total. The fraction of sp³-hybridized carbons (Fsp3) is 0.400. The summed E-state index contributed by atoms with van der Waals surface area (Å²) in [5.74, 6) is 1.45. The van der Waals surface area contributed by atoms with Crippen molar-refractivity contribution in [2.24, 2.45) is 10.7 Å². The Hall–Kier alpha value is -2.60. The lowest BCUT2D eigenvalue weighted by atomic mass is 10.1. The number of likely N-dealkylation sites (N-methyl/N-ethyl adjacent to an activating group) is 1. The third kappa shape index (κ3) is 4.95. The van der Waals surface area contributed by atoms with Gasteiger partial charge < -0.3 is 20.9 Å². The van der Waals surface area contributed by atoms with Crippen molar-refractivity contribution < 1.29 is 0 Å². The summed E-state index contributed by atoms with van der Waals surface area (Å²) in [5.41, 5.74) is 10.4. The molecule has 1 saturated heterocycles. The van der Waals surface area contributed by atoms with Crippen LogP contribution in [0.5, 0.6) is 0 Å². The molecule has 1 aromatic carbocycles. The molecule has 0 aliphatic carbocycles. The van der Waals surface area contributed by atoms with Crippen LogP contribution in [0.1, 0.15) is 16.7 Å². The number of nitrogens with two attached hydrogens (primary N) is 1. The SMILES string of the molecule is Cc1cc(C)cc(NC(N)=NCc2ccc(N3CCN(C)CC3)nc2)c1. The molecule has 0 radical (unpaired) electrons. The lowest BCUT2D eigenvalue weighted by Crippen LogP contribution is -2.44. The highest BCUT2D eigenvalue weighted by atomic mass is 15.3. The Labute approximate surface area is 155 Å². The molecule has 1 aromatic heterocycles. The highest BCUT2D eigenvalue weighted by Gasteiger charge is 2.14. The Kier molecular flexibility index (Phi) is 5.73. The third-order valence-corrected chi connectivity index (χ3v) is 4.56. The lowest BCUT2D eigenvalue weighted by Gasteiger charge is -2.33. The van der Waals surface area contributed by atoms with Gasteiger partial charge in [-0.05, 0) is 55.8 Å². The fourth-order valence-corrected chi connectivity index (χ4v) is 3.14. The van der Waals surface area contributed by atoms with E-state index in [4.69, 9.17) is 5.73 Å². The van der Waals surface area contributed by atoms with Crippen molar-refractivity contribution in [3.8, 4) is 0 Å². The molecule has 6 heteroatoms. The van der Waals surface area contributed by atoms with Gasteiger partial charge in [0, 0.05) is 38.1 Å². The molecule has 0 amide bonds. The predicted octanol–water partition coefficient (Wildman–Crippen LogP) is 2.38. The van der Waals surface area contributed by atoms with Crippen molar-refractivity contribution >= 4 is 17.5 Å². The number of hydrogen-bond acceptors (Lipinski definition) is 4. The lowest BCUT2D eigenvalue weighted by molar-refractivity contribution is 0.312. The van der Waals surface area contributed by atoms with Crippen LogP contribution in [0.3, 0.4) is 0 Å². The van der Waals surface area contributed by atoms with E-state index in [0.717, 1.165) is 43.2 Å². The standard InChI is InChI=1S/C20H28N6/c1-15-10-16(2)12-18(11-15)24-20(21)23-14-17-4-5-19(22-13-17)26-8-6-25(3)7-9-26/h4-5,10-13H,6-9,14H2,1-3H3,(H3,21,23,24). The van der Waals surface area contributed by atoms with Crippen LogP contribution in [-0.4, -0.2) is 49.1 Å². The van der Waals surface area contributed by atoms with Crippen molar-refractivity contribution in [2.45, 2.75) is 20.4 Å². The number of benzene rings is 1. The van der Waals surface area contributed by atoms with Gasteiger partial charge in [0.25, 0.3) is 0 Å². The van der Waals surface area contributed by atoms with Crippen molar-refractivity contribution in [1.82, 2.24) is 9.88 Å². The molecule has 2 aromatic rings. The van der Waals surface area contributed by atoms with E-state index in [2.05, 4.69) is 76.3 Å². The van der Waals surface area contributed by atoms with E-state index in [9.17, 15) is 0 Å². The van der Waals surface area contributed by atoms with Crippen LogP contribution in [0.15, 0.2) is 41.5 Å². The second-order valence-electron chi connectivity index (χ2n) is 7.02. The molecular formula is C20H28N6. The number of hydrogen-bond donors (Lipinski definition) is 2. The number of piperazine rings is 1. The summed E-state index contributed by atoms with van der Waals surface area (Å²) >= 11 is 0. The van der Waals surface area contributed by atoms with E-state index in [1.807, 2.05) is 6.20 Å². The van der Waals surface area contributed by atoms with Crippen molar-refractivity contribution in [1.29, 1.82) is 0 Å². The van der Waals surface area contributed by atoms with E-state index in [1.165, 1.54) is 11.1 Å². The third-order valence-electron chi connectivity index (χ3n) is 4.56. The van der Waals surface area contributed by atoms with E-state index in [-0.39, 0.29) is 0 Å². The topological polar surface area (TPSA) is 69.8 Å². The minimum absolute atomic E-state index is 0.415. The van der Waals surface area contributed by atoms with Crippen LogP contribution >= 0.6 is 0 Å². The zero-order valence-corrected chi connectivity index (χ0v) is 15.9. The number of aryl methyl sites for hydroxylation is 2. The Morgan fingerprint density at radius 2 is 1.81 bits per heavy atom. The summed E-state index contributed by atoms with van der Waals surface area (Å²) in [7, 11) is 2.16. The minimum Gasteiger partial charge on any atom is -0.370 e. The largest absolute Gasteiger partial charge is 0.370 e. The number of aliphatic imine (C=N–C) groups is 1. The van der Waals surface area contributed by atoms with Crippen LogP contribution < -0.4 is 16.0 Å². The first-order valence-electron chi connectivity index (χ1n) is 9.03. The van der Waals surface area contributed by atoms with Gasteiger partial charge in [-0.25, -0.2) is 9.98 Å². The van der Waals surface area contributed by atoms with Crippen LogP contribution in [-0.2, 0) is 6.54 Å². The van der Waals surface area contributed by atoms with Crippen molar-refractivity contribution in [3.63, 3.8) is 0 Å². The van der Waals surface area contributed by atoms with Gasteiger partial charge in [-0.3, -0.25) is 0 Å². The van der Waals surface area contributed by atoms with E-state index in [0.29, 0.717) is 12.5 Å². The summed E-state index contributed by atoms with van der Waals surface area (Å²) in [5, 5.41) is 3.16. The maximum atomic E-state index is 6.02. The monoisotopic (exact) mass is 352 g/mol. The molecule has 26 heavy (non-hydrogen) atoms. The number of rotatable bonds is 4. The van der Waals surface area contributed by atoms with E-state index >= 15 is 0 Å². The molecule has 0 bridgehead atoms. The average Bonchev–Trinajstić information content (AvgIpc) is 2.60. The average molecular weight is 352 g/mol. The van der Waals surface area contributed by atoms with E-state index < -0.39 is 0 Å². The number of nitrogens with one attached hydrogen (secondary N) is 1. The normalized spacial score (nSPS) is 16.0. The maximum absolute atomic E-state index is 6.02. The second-order valence-corrected chi connectivity index (χ2v) is 7.02. The second kappa shape index (κ2) is 8.19. The van der Waals surface area contributed by atoms with Gasteiger partial charge in [-0.15, -0.1) is 0 Å². The molecule has 1 aliphatic heterocycles. The van der Waals surface area contributed by atoms with Crippen molar-refractivity contribution in [3.05, 3.63) is 53.2 Å². The molecule has 0 atom stereocenters. The Bertz CT molecular complexity index is 740. The van der Waals surface area contributed by atoms with Gasteiger partial charge in [-0.2, -0.15) is 0 Å². The molecule has 138 valence electrons. The first-order valence-corrected chi connectivity index (χ1v) is 9.03. The van der Waals surface area contributed by atoms with E-state index in [1.54, 1.807) is 0 Å². The molecule has 2 heterocycles. The minimum atomic E-state index is 0.415. The van der Waals surface area contributed by atoms with Gasteiger partial charge in [0.05, 0.1) is 6.54 Å². The summed E-state index contributed by atoms with van der Waals surface area (Å²) < 4.78 is 0. The summed E-state index contributed by atoms with van der Waals surface area (Å²) in [6.45, 7) is 8.85. The molecule has 0 unspecified atom stereocenters. The van der Waals surface area contributed by atoms with Crippen LogP contribution in [0, 0.1) is 13.8 Å². The zero-order chi connectivity index (χ0) is 18.5. The number of aromatic nitrogens is 1. The number of pyridine rings is 1. The molecule has 1 fully saturated rings. The molecule has 3 rings (SSSR count). The Balaban J connectivity index is 1.57. The number of guanidine groups is 1. The summed E-state index contributed by atoms with van der Waals surface area (Å²) in [4.78, 5) is 13.7. The van der Waals surface area contributed by atoms with Gasteiger partial charge in [-0.1, -0.05) is 12.1 Å². The van der Waals surface area contributed by atoms with Gasteiger partial charge in [0.1, 0.15) is 5.82 Å². The Morgan fingerprint density at radius 3 is 2.42 bits per heavy atom. The fourth-order valence-electron chi connectivity index (χ4n) is 3.14. The molecular weight excluding hydrogens is 324 g/mol. The first kappa shape index (κ1) is 18.2. The highest BCUT2D eigenvalue weighted by Crippen LogP contribution is 2.15. The smallest absolute Gasteiger partial charge is 0.193 e. The van der Waals surface area contributed by atoms with Crippen LogP contribution in [0.4, 0.5) is 11.5 Å². The summed E-state index contributed by atoms with van der Waals surface area (Å²) in [6, 6.07) is 10.4. The number of anilines is 2. The van der Waals surface area contributed by atoms with Gasteiger partial charge in [0.15, 0.2) is 5.96 Å². The van der Waals surface area contributed by atoms with Crippen LogP contribution in [0.25, 0.3) is 0 Å². The van der Waals surface area contributed by atoms with Crippen molar-refractivity contribution in [2.75, 3.05) is 43.4 Å². The van der Waals surface area contributed by atoms with Crippen LogP contribution in [0.2, 0.25) is 0 Å².